The van der Waals surface area contributed by atoms with Gasteiger partial charge < -0.3 is 24.1 Å². The van der Waals surface area contributed by atoms with Crippen molar-refractivity contribution in [2.45, 2.75) is 6.92 Å². The van der Waals surface area contributed by atoms with Crippen molar-refractivity contribution in [1.29, 1.82) is 0 Å². The number of fused-ring (bicyclic) bond motifs is 1. The minimum atomic E-state index is -0.899. The van der Waals surface area contributed by atoms with Gasteiger partial charge in [0.1, 0.15) is 22.8 Å². The molecule has 1 N–H and O–H groups in total. The van der Waals surface area contributed by atoms with Crippen LogP contribution in [0.5, 0.6) is 11.5 Å². The molecule has 0 atom stereocenters. The number of amides is 1. The summed E-state index contributed by atoms with van der Waals surface area (Å²) in [4.78, 5) is 24.7. The van der Waals surface area contributed by atoms with Crippen LogP contribution >= 0.6 is 11.6 Å². The van der Waals surface area contributed by atoms with Crippen molar-refractivity contribution in [3.63, 3.8) is 0 Å². The van der Waals surface area contributed by atoms with Gasteiger partial charge in [0.15, 0.2) is 18.1 Å². The van der Waals surface area contributed by atoms with Crippen LogP contribution in [0.1, 0.15) is 16.1 Å². The fourth-order valence-corrected chi connectivity index (χ4v) is 3.13. The lowest BCUT2D eigenvalue weighted by atomic mass is 10.1. The first-order valence-corrected chi connectivity index (χ1v) is 9.09. The van der Waals surface area contributed by atoms with Crippen molar-refractivity contribution in [2.75, 3.05) is 18.7 Å². The maximum Gasteiger partial charge on any atom is 0.344 e. The summed E-state index contributed by atoms with van der Waals surface area (Å²) in [5, 5.41) is 6.36. The Kier molecular flexibility index (Phi) is 5.28. The number of anilines is 1. The average Bonchev–Trinajstić information content (AvgIpc) is 3.32. The molecule has 1 aliphatic heterocycles. The van der Waals surface area contributed by atoms with Crippen LogP contribution in [0.2, 0.25) is 5.02 Å². The molecule has 1 aromatic heterocycles. The molecule has 0 saturated carbocycles. The second-order valence-corrected chi connectivity index (χ2v) is 6.66. The lowest BCUT2D eigenvalue weighted by Crippen LogP contribution is -2.21. The molecule has 3 aromatic rings. The van der Waals surface area contributed by atoms with Crippen LogP contribution in [0.4, 0.5) is 10.1 Å². The zero-order chi connectivity index (χ0) is 21.3. The van der Waals surface area contributed by atoms with E-state index in [4.69, 9.17) is 30.3 Å². The largest absolute Gasteiger partial charge is 0.454 e. The molecule has 4 rings (SSSR count). The van der Waals surface area contributed by atoms with E-state index in [-0.39, 0.29) is 34.4 Å². The van der Waals surface area contributed by atoms with E-state index in [1.54, 1.807) is 18.2 Å². The number of rotatable bonds is 5. The van der Waals surface area contributed by atoms with Crippen molar-refractivity contribution in [3.05, 3.63) is 58.6 Å². The minimum absolute atomic E-state index is 0.0536. The number of aromatic nitrogens is 1. The molecule has 1 aliphatic rings. The Bertz CT molecular complexity index is 1130. The summed E-state index contributed by atoms with van der Waals surface area (Å²) >= 11 is 6.05. The Balaban J connectivity index is 1.46. The second-order valence-electron chi connectivity index (χ2n) is 6.25. The third kappa shape index (κ3) is 3.79. The van der Waals surface area contributed by atoms with Gasteiger partial charge in [0.2, 0.25) is 6.79 Å². The molecule has 0 aliphatic carbocycles. The summed E-state index contributed by atoms with van der Waals surface area (Å²) in [5.41, 5.74) is 0.141. The standard InChI is InChI=1S/C20H14ClFN2O6/c1-10-17(19(24-30-10)18-12(21)3-2-4-13(18)22)20(26)27-8-16(25)23-11-5-6-14-15(7-11)29-9-28-14/h2-7H,8-9H2,1H3,(H,23,25). The molecule has 154 valence electrons. The molecule has 0 saturated heterocycles. The predicted octanol–water partition coefficient (Wildman–Crippen LogP) is 3.97. The molecule has 2 heterocycles. The van der Waals surface area contributed by atoms with Crippen LogP contribution in [-0.4, -0.2) is 30.4 Å². The summed E-state index contributed by atoms with van der Waals surface area (Å²) < 4.78 is 34.8. The molecule has 10 heteroatoms. The maximum atomic E-state index is 14.2. The van der Waals surface area contributed by atoms with Crippen molar-refractivity contribution in [2.24, 2.45) is 0 Å². The van der Waals surface area contributed by atoms with E-state index in [2.05, 4.69) is 10.5 Å². The van der Waals surface area contributed by atoms with E-state index in [0.717, 1.165) is 0 Å². The SMILES string of the molecule is Cc1onc(-c2c(F)cccc2Cl)c1C(=O)OCC(=O)Nc1ccc2c(c1)OCO2. The number of nitrogens with zero attached hydrogens (tertiary/aromatic N) is 1. The van der Waals surface area contributed by atoms with Gasteiger partial charge >= 0.3 is 5.97 Å². The van der Waals surface area contributed by atoms with E-state index >= 15 is 0 Å². The number of hydrogen-bond donors (Lipinski definition) is 1. The number of carbonyl (C=O) groups is 2. The fraction of sp³-hybridized carbons (Fsp3) is 0.150. The lowest BCUT2D eigenvalue weighted by molar-refractivity contribution is -0.119. The van der Waals surface area contributed by atoms with E-state index < -0.39 is 24.3 Å². The van der Waals surface area contributed by atoms with Crippen molar-refractivity contribution in [1.82, 2.24) is 5.16 Å². The van der Waals surface area contributed by atoms with Crippen molar-refractivity contribution < 1.29 is 32.7 Å². The summed E-state index contributed by atoms with van der Waals surface area (Å²) in [6.45, 7) is 0.994. The first kappa shape index (κ1) is 19.7. The number of halogens is 2. The Hall–Kier alpha value is -3.59. The number of benzene rings is 2. The van der Waals surface area contributed by atoms with Crippen LogP contribution in [0.25, 0.3) is 11.3 Å². The van der Waals surface area contributed by atoms with Crippen LogP contribution in [0, 0.1) is 12.7 Å². The Morgan fingerprint density at radius 3 is 2.83 bits per heavy atom. The average molecular weight is 433 g/mol. The minimum Gasteiger partial charge on any atom is -0.454 e. The van der Waals surface area contributed by atoms with Crippen molar-refractivity contribution in [3.8, 4) is 22.8 Å². The van der Waals surface area contributed by atoms with Gasteiger partial charge in [0, 0.05) is 11.8 Å². The van der Waals surface area contributed by atoms with Crippen molar-refractivity contribution >= 4 is 29.2 Å². The van der Waals surface area contributed by atoms with E-state index in [0.29, 0.717) is 17.2 Å². The van der Waals surface area contributed by atoms with E-state index in [1.807, 2.05) is 0 Å². The first-order valence-electron chi connectivity index (χ1n) is 8.71. The van der Waals surface area contributed by atoms with Crippen LogP contribution in [0.15, 0.2) is 40.9 Å². The lowest BCUT2D eigenvalue weighted by Gasteiger charge is -2.08. The van der Waals surface area contributed by atoms with Crippen LogP contribution in [-0.2, 0) is 9.53 Å². The first-order chi connectivity index (χ1) is 14.4. The van der Waals surface area contributed by atoms with Gasteiger partial charge in [0.25, 0.3) is 5.91 Å². The van der Waals surface area contributed by atoms with Gasteiger partial charge in [0.05, 0.1) is 10.6 Å². The van der Waals surface area contributed by atoms with Gasteiger partial charge in [-0.2, -0.15) is 0 Å². The Labute approximate surface area is 174 Å². The van der Waals surface area contributed by atoms with E-state index in [9.17, 15) is 14.0 Å². The van der Waals surface area contributed by atoms with Gasteiger partial charge in [-0.1, -0.05) is 22.8 Å². The number of aryl methyl sites for hydroxylation is 1. The molecular weight excluding hydrogens is 419 g/mol. The summed E-state index contributed by atoms with van der Waals surface area (Å²) in [6.07, 6.45) is 0. The van der Waals surface area contributed by atoms with Crippen LogP contribution < -0.4 is 14.8 Å². The quantitative estimate of drug-likeness (QED) is 0.609. The second kappa shape index (κ2) is 8.03. The number of nitrogens with one attached hydrogen (secondary N) is 1. The smallest absolute Gasteiger partial charge is 0.344 e. The fourth-order valence-electron chi connectivity index (χ4n) is 2.88. The highest BCUT2D eigenvalue weighted by Gasteiger charge is 2.27. The molecule has 1 amide bonds. The third-order valence-corrected chi connectivity index (χ3v) is 4.57. The van der Waals surface area contributed by atoms with E-state index in [1.165, 1.54) is 25.1 Å². The highest BCUT2D eigenvalue weighted by molar-refractivity contribution is 6.33. The normalized spacial score (nSPS) is 12.0. The zero-order valence-electron chi connectivity index (χ0n) is 15.5. The summed E-state index contributed by atoms with van der Waals surface area (Å²) in [6, 6.07) is 8.92. The molecule has 0 spiro atoms. The molecule has 0 unspecified atom stereocenters. The molecule has 8 nitrogen and oxygen atoms in total. The highest BCUT2D eigenvalue weighted by Crippen LogP contribution is 2.35. The highest BCUT2D eigenvalue weighted by atomic mass is 35.5. The molecule has 2 aromatic carbocycles. The van der Waals surface area contributed by atoms with Gasteiger partial charge in [-0.05, 0) is 31.2 Å². The number of hydrogen-bond acceptors (Lipinski definition) is 7. The zero-order valence-corrected chi connectivity index (χ0v) is 16.3. The molecule has 0 bridgehead atoms. The van der Waals surface area contributed by atoms with Gasteiger partial charge in [-0.15, -0.1) is 0 Å². The molecular formula is C20H14ClFN2O6. The number of carbonyl (C=O) groups excluding carboxylic acids is 2. The Morgan fingerprint density at radius 1 is 1.23 bits per heavy atom. The maximum absolute atomic E-state index is 14.2. The topological polar surface area (TPSA) is 99.9 Å². The molecule has 0 fully saturated rings. The summed E-state index contributed by atoms with van der Waals surface area (Å²) in [5.74, 6) is -0.986. The number of ether oxygens (including phenoxy) is 3. The third-order valence-electron chi connectivity index (χ3n) is 4.26. The molecule has 30 heavy (non-hydrogen) atoms. The van der Waals surface area contributed by atoms with Gasteiger partial charge in [-0.25, -0.2) is 9.18 Å². The van der Waals surface area contributed by atoms with Gasteiger partial charge in [-0.3, -0.25) is 4.79 Å². The number of esters is 1. The monoisotopic (exact) mass is 432 g/mol. The summed E-state index contributed by atoms with van der Waals surface area (Å²) in [7, 11) is 0. The van der Waals surface area contributed by atoms with Crippen LogP contribution in [0.3, 0.4) is 0 Å². The predicted molar refractivity (Wildman–Crippen MR) is 103 cm³/mol. The molecule has 0 radical (unpaired) electrons. The Morgan fingerprint density at radius 2 is 2.03 bits per heavy atom.